The fourth-order valence-corrected chi connectivity index (χ4v) is 15.9. The van der Waals surface area contributed by atoms with Crippen LogP contribution in [0, 0.1) is 11.8 Å². The first kappa shape index (κ1) is 74.2. The third-order valence-electron chi connectivity index (χ3n) is 19.4. The molecule has 0 bridgehead atoms. The largest absolute Gasteiger partial charge is 0.373 e. The molecule has 0 spiro atoms. The molecule has 6 saturated heterocycles. The Kier molecular flexibility index (Phi) is 23.6. The average Bonchev–Trinajstić information content (AvgIpc) is 1.57. The zero-order chi connectivity index (χ0) is 72.0. The molecule has 7 aromatic rings. The smallest absolute Gasteiger partial charge is 0.356 e. The van der Waals surface area contributed by atoms with Crippen molar-refractivity contribution in [1.29, 1.82) is 0 Å². The van der Waals surface area contributed by atoms with E-state index in [0.29, 0.717) is 93.9 Å². The van der Waals surface area contributed by atoms with E-state index < -0.39 is 20.0 Å². The number of amides is 5. The van der Waals surface area contributed by atoms with E-state index in [-0.39, 0.29) is 93.4 Å². The van der Waals surface area contributed by atoms with Crippen molar-refractivity contribution in [2.24, 2.45) is 17.6 Å². The van der Waals surface area contributed by atoms with Crippen molar-refractivity contribution >= 4 is 136 Å². The van der Waals surface area contributed by atoms with Gasteiger partial charge in [0.05, 0.1) is 75.5 Å². The van der Waals surface area contributed by atoms with Gasteiger partial charge in [0.25, 0.3) is 23.6 Å². The van der Waals surface area contributed by atoms with E-state index in [2.05, 4.69) is 41.6 Å². The first-order valence-electron chi connectivity index (χ1n) is 33.8. The van der Waals surface area contributed by atoms with Gasteiger partial charge in [-0.1, -0.05) is 78.3 Å². The zero-order valence-electron chi connectivity index (χ0n) is 56.1. The molecular formula is C68H80Cl4N16O11S2. The molecule has 7 aliphatic heterocycles. The quantitative estimate of drug-likeness (QED) is 0.0617. The fraction of sp³-hybridized carbons (Fsp3) is 0.471. The number of rotatable bonds is 13. The van der Waals surface area contributed by atoms with Gasteiger partial charge >= 0.3 is 6.15 Å². The number of hydrogen-bond acceptors (Lipinski definition) is 19. The van der Waals surface area contributed by atoms with Gasteiger partial charge in [0.1, 0.15) is 21.9 Å². The number of piperidine rings is 2. The number of hydrogen-bond donors (Lipinski definition) is 4. The summed E-state index contributed by atoms with van der Waals surface area (Å²) in [6.45, 7) is 10.1. The van der Waals surface area contributed by atoms with Crippen molar-refractivity contribution in [2.75, 3.05) is 97.2 Å². The van der Waals surface area contributed by atoms with Gasteiger partial charge < -0.3 is 35.6 Å². The first-order chi connectivity index (χ1) is 48.3. The summed E-state index contributed by atoms with van der Waals surface area (Å²) in [5, 5.41) is 13.9. The normalized spacial score (nSPS) is 21.6. The minimum Gasteiger partial charge on any atom is -0.356 e. The molecule has 4 aromatic heterocycles. The Morgan fingerprint density at radius 3 is 1.60 bits per heavy atom. The van der Waals surface area contributed by atoms with E-state index in [0.717, 1.165) is 115 Å². The maximum Gasteiger partial charge on any atom is 0.373 e. The molecule has 4 unspecified atom stereocenters. The highest BCUT2D eigenvalue weighted by Gasteiger charge is 2.45. The number of carbonyl (C=O) groups is 5. The molecule has 1 saturated carbocycles. The summed E-state index contributed by atoms with van der Waals surface area (Å²) in [5.41, 5.74) is 10.9. The number of halogens is 4. The van der Waals surface area contributed by atoms with Crippen LogP contribution in [0.5, 0.6) is 0 Å². The Morgan fingerprint density at radius 1 is 0.614 bits per heavy atom. The number of likely N-dealkylation sites (tertiary alicyclic amines) is 3. The van der Waals surface area contributed by atoms with Crippen molar-refractivity contribution in [1.82, 2.24) is 54.1 Å². The van der Waals surface area contributed by atoms with E-state index in [9.17, 15) is 40.8 Å². The Bertz CT molecular complexity index is 4510. The van der Waals surface area contributed by atoms with Gasteiger partial charge in [0.2, 0.25) is 26.0 Å². The molecule has 1 aliphatic carbocycles. The highest BCUT2D eigenvalue weighted by Crippen LogP contribution is 2.40. The van der Waals surface area contributed by atoms with Crippen LogP contribution in [0.4, 0.5) is 23.0 Å². The summed E-state index contributed by atoms with van der Waals surface area (Å²) < 4.78 is 55.8. The molecule has 5 N–H and O–H groups in total. The van der Waals surface area contributed by atoms with Crippen LogP contribution in [0.25, 0.3) is 11.3 Å². The van der Waals surface area contributed by atoms with Crippen LogP contribution in [-0.4, -0.2) is 191 Å². The van der Waals surface area contributed by atoms with Gasteiger partial charge in [-0.15, -0.1) is 0 Å². The fourth-order valence-electron chi connectivity index (χ4n) is 14.0. The number of nitrogens with two attached hydrogens (primary N) is 1. The second kappa shape index (κ2) is 32.1. The highest BCUT2D eigenvalue weighted by molar-refractivity contribution is 7.92. The lowest BCUT2D eigenvalue weighted by molar-refractivity contribution is -0.191. The third kappa shape index (κ3) is 17.1. The van der Waals surface area contributed by atoms with Gasteiger partial charge in [-0.3, -0.25) is 38.3 Å². The van der Waals surface area contributed by atoms with Crippen LogP contribution in [0.15, 0.2) is 84.9 Å². The maximum absolute atomic E-state index is 14.1. The lowest BCUT2D eigenvalue weighted by Gasteiger charge is -2.35. The summed E-state index contributed by atoms with van der Waals surface area (Å²) in [4.78, 5) is 102. The molecule has 5 amide bonds. The van der Waals surface area contributed by atoms with Crippen molar-refractivity contribution in [2.45, 2.75) is 115 Å². The minimum atomic E-state index is -3.63. The number of carbonyl (C=O) groups excluding carboxylic acids is 7. The number of nitrogens with zero attached hydrogens (tertiary/aromatic N) is 12. The molecule has 8 aliphatic rings. The van der Waals surface area contributed by atoms with E-state index in [1.165, 1.54) is 65.3 Å². The molecule has 33 heteroatoms. The number of nitrogens with one attached hydrogen (secondary N) is 3. The van der Waals surface area contributed by atoms with Crippen LogP contribution in [-0.2, 0) is 34.4 Å². The van der Waals surface area contributed by atoms with E-state index >= 15 is 0 Å². The lowest BCUT2D eigenvalue weighted by atomic mass is 9.98. The molecule has 7 fully saturated rings. The standard InChI is InChI=1S/C30H38ClN9O4S.C19H18Cl3N5O3S.C15H17NO2.C3H7N.CO2/c1-45(43,44)35-23-8-7-19(31)14-20(23)30(42)39-13-3-2-6-25(39)24-15-27-33-26(36-9-4-10-36)16-28(40(27)34-24)38-17-21(22(32)18-38)29(41)37-11-5-12-37;1-31(29,30)25-13-6-5-11(20)8-12(13)19(28)26-7-3-2-4-15(26)14-9-18-23-16(21)10-17(22)27(18)24-14;1-2-10-6-5-9-13(10)16-14(17)11-7-3-4-8-12(11)15(16)18;1-2-4-3-1;2-1-3/h7-8,14-16,21-22,25,35H,2-6,9-13,17-18,32H2,1H3;5-6,8-10,15,25H,2-4,7H2,1H3;3-4,7-8,10,13H,2,5-6,9H2,1H3;4H,1-3H2;/t21?,22?,25-;15-;;;/m00.../s1. The molecule has 0 radical (unpaired) electrons. The molecule has 27 nitrogen and oxygen atoms in total. The average molecular weight is 1500 g/mol. The predicted octanol–water partition coefficient (Wildman–Crippen LogP) is 9.01. The molecular weight excluding hydrogens is 1420 g/mol. The summed E-state index contributed by atoms with van der Waals surface area (Å²) in [7, 11) is -7.21. The second-order valence-corrected chi connectivity index (χ2v) is 31.4. The molecule has 101 heavy (non-hydrogen) atoms. The Morgan fingerprint density at radius 2 is 1.13 bits per heavy atom. The molecule has 3 aromatic carbocycles. The van der Waals surface area contributed by atoms with Gasteiger partial charge in [-0.25, -0.2) is 31.3 Å². The van der Waals surface area contributed by atoms with E-state index in [4.69, 9.17) is 71.8 Å². The third-order valence-corrected chi connectivity index (χ3v) is 21.5. The van der Waals surface area contributed by atoms with Crippen LogP contribution in [0.3, 0.4) is 0 Å². The maximum atomic E-state index is 14.1. The molecule has 11 heterocycles. The van der Waals surface area contributed by atoms with Crippen LogP contribution in [0.2, 0.25) is 20.4 Å². The lowest BCUT2D eigenvalue weighted by Crippen LogP contribution is -2.49. The summed E-state index contributed by atoms with van der Waals surface area (Å²) >= 11 is 24.6. The number of anilines is 4. The zero-order valence-corrected chi connectivity index (χ0v) is 60.7. The number of fused-ring (bicyclic) bond motifs is 3. The van der Waals surface area contributed by atoms with Crippen molar-refractivity contribution in [3.05, 3.63) is 139 Å². The minimum absolute atomic E-state index is 0.0963. The summed E-state index contributed by atoms with van der Waals surface area (Å²) in [6.07, 6.45) is 14.9. The SMILES string of the molecule is C1CNC1.CCC1CCCC1N1C(=O)c2ccccc2C1=O.CS(=O)(=O)Nc1ccc(Cl)cc1C(=O)N1CCCC[C@H]1c1cc2nc(Cl)cc(Cl)n2n1.CS(=O)(=O)Nc1ccc(Cl)cc1C(=O)N1CCCC[C@H]1c1cc2nc(N3CCC3)cc(N3CC(N)C(C(=O)N4CCC4)C3)n2n1.O=C=O. The van der Waals surface area contributed by atoms with Crippen LogP contribution >= 0.6 is 46.4 Å². The Hall–Kier alpha value is -7.99. The predicted molar refractivity (Wildman–Crippen MR) is 384 cm³/mol. The van der Waals surface area contributed by atoms with Gasteiger partial charge in [-0.05, 0) is 138 Å². The van der Waals surface area contributed by atoms with Gasteiger partial charge in [-0.2, -0.15) is 24.3 Å². The van der Waals surface area contributed by atoms with Gasteiger partial charge in [0, 0.05) is 98.8 Å². The van der Waals surface area contributed by atoms with Gasteiger partial charge in [0.15, 0.2) is 11.3 Å². The Labute approximate surface area is 605 Å². The number of imide groups is 1. The van der Waals surface area contributed by atoms with E-state index in [1.807, 2.05) is 33.7 Å². The molecule has 538 valence electrons. The molecule has 15 rings (SSSR count). The summed E-state index contributed by atoms with van der Waals surface area (Å²) in [5.74, 6) is 1.14. The molecule has 6 atom stereocenters. The summed E-state index contributed by atoms with van der Waals surface area (Å²) in [6, 6.07) is 22.5. The monoisotopic (exact) mass is 1500 g/mol. The van der Waals surface area contributed by atoms with Crippen LogP contribution < -0.4 is 30.3 Å². The highest BCUT2D eigenvalue weighted by atomic mass is 35.5. The number of aromatic nitrogens is 6. The topological polar surface area (TPSA) is 330 Å². The van der Waals surface area contributed by atoms with Crippen molar-refractivity contribution in [3.8, 4) is 0 Å². The first-order valence-corrected chi connectivity index (χ1v) is 39.1. The number of benzene rings is 3. The van der Waals surface area contributed by atoms with Crippen LogP contribution in [0.1, 0.15) is 155 Å². The van der Waals surface area contributed by atoms with Crippen molar-refractivity contribution < 1.29 is 50.4 Å². The second-order valence-electron chi connectivity index (χ2n) is 26.3. The Balaban J connectivity index is 0.000000157. The number of sulfonamides is 2. The van der Waals surface area contributed by atoms with E-state index in [1.54, 1.807) is 34.1 Å². The van der Waals surface area contributed by atoms with Crippen molar-refractivity contribution in [3.63, 3.8) is 0 Å².